The Bertz CT molecular complexity index is 1180. The summed E-state index contributed by atoms with van der Waals surface area (Å²) in [6.07, 6.45) is 5.32. The van der Waals surface area contributed by atoms with Gasteiger partial charge in [0.1, 0.15) is 11.6 Å². The molecule has 0 saturated carbocycles. The molecule has 3 rings (SSSR count). The molecule has 0 radical (unpaired) electrons. The minimum absolute atomic E-state index is 0.0145. The highest BCUT2D eigenvalue weighted by molar-refractivity contribution is 5.60. The molecule has 0 aliphatic carbocycles. The third-order valence-electron chi connectivity index (χ3n) is 4.00. The second kappa shape index (κ2) is 7.90. The van der Waals surface area contributed by atoms with E-state index in [2.05, 4.69) is 21.6 Å². The first-order valence-electron chi connectivity index (χ1n) is 8.24. The summed E-state index contributed by atoms with van der Waals surface area (Å²) in [5.41, 5.74) is 3.96. The van der Waals surface area contributed by atoms with E-state index in [0.717, 1.165) is 4.68 Å². The predicted molar refractivity (Wildman–Crippen MR) is 106 cm³/mol. The van der Waals surface area contributed by atoms with Crippen LogP contribution in [-0.4, -0.2) is 9.78 Å². The highest BCUT2D eigenvalue weighted by atomic mass is 16.3. The van der Waals surface area contributed by atoms with E-state index in [4.69, 9.17) is 6.42 Å². The van der Waals surface area contributed by atoms with Crippen molar-refractivity contribution in [3.63, 3.8) is 0 Å². The van der Waals surface area contributed by atoms with Gasteiger partial charge < -0.3 is 5.11 Å². The number of hydrogen-bond donors (Lipinski definition) is 2. The maximum Gasteiger partial charge on any atom is 0.290 e. The van der Waals surface area contributed by atoms with Crippen molar-refractivity contribution in [3.05, 3.63) is 81.6 Å². The van der Waals surface area contributed by atoms with Crippen LogP contribution in [0.1, 0.15) is 16.7 Å². The Kier molecular flexibility index (Phi) is 5.20. The molecule has 0 fully saturated rings. The van der Waals surface area contributed by atoms with Crippen molar-refractivity contribution in [1.29, 1.82) is 5.26 Å². The molecular weight excluding hydrogens is 354 g/mol. The molecule has 28 heavy (non-hydrogen) atoms. The molecule has 0 atom stereocenters. The van der Waals surface area contributed by atoms with Crippen LogP contribution in [-0.2, 0) is 0 Å². The monoisotopic (exact) mass is 369 g/mol. The predicted octanol–water partition coefficient (Wildman–Crippen LogP) is 4.01. The molecule has 0 aliphatic heterocycles. The first-order chi connectivity index (χ1) is 13.5. The Labute approximate surface area is 161 Å². The van der Waals surface area contributed by atoms with Gasteiger partial charge in [-0.15, -0.1) is 11.5 Å². The number of rotatable bonds is 4. The van der Waals surface area contributed by atoms with Crippen molar-refractivity contribution in [2.75, 3.05) is 5.43 Å². The van der Waals surface area contributed by atoms with Gasteiger partial charge in [-0.1, -0.05) is 24.1 Å². The van der Waals surface area contributed by atoms with E-state index >= 15 is 0 Å². The van der Waals surface area contributed by atoms with Gasteiger partial charge in [0.15, 0.2) is 5.69 Å². The summed E-state index contributed by atoms with van der Waals surface area (Å²) in [5, 5.41) is 28.1. The largest absolute Gasteiger partial charge is 0.492 e. The third-order valence-corrected chi connectivity index (χ3v) is 4.00. The van der Waals surface area contributed by atoms with Gasteiger partial charge >= 0.3 is 0 Å². The minimum Gasteiger partial charge on any atom is -0.492 e. The number of nitriles is 1. The molecule has 7 heteroatoms. The average molecular weight is 369 g/mol. The van der Waals surface area contributed by atoms with E-state index in [1.165, 1.54) is 6.92 Å². The normalized spacial score (nSPS) is 10.4. The number of pyridine rings is 1. The number of hydrogen-bond acceptors (Lipinski definition) is 6. The number of nitrogens with zero attached hydrogens (tertiary/aromatic N) is 4. The number of aromatic hydroxyl groups is 1. The van der Waals surface area contributed by atoms with Gasteiger partial charge in [0.25, 0.3) is 5.56 Å². The summed E-state index contributed by atoms with van der Waals surface area (Å²) in [5.74, 6) is 2.05. The molecule has 7 nitrogen and oxygen atoms in total. The summed E-state index contributed by atoms with van der Waals surface area (Å²) in [4.78, 5) is 12.6. The molecule has 2 N–H and O–H groups in total. The first kappa shape index (κ1) is 18.4. The van der Waals surface area contributed by atoms with Crippen LogP contribution in [0.5, 0.6) is 5.88 Å². The first-order valence-corrected chi connectivity index (χ1v) is 8.24. The van der Waals surface area contributed by atoms with Gasteiger partial charge in [-0.25, -0.2) is 0 Å². The van der Waals surface area contributed by atoms with Crippen molar-refractivity contribution in [1.82, 2.24) is 4.68 Å². The van der Waals surface area contributed by atoms with Crippen LogP contribution < -0.4 is 11.0 Å². The molecule has 3 aromatic rings. The van der Waals surface area contributed by atoms with Crippen LogP contribution in [0.25, 0.3) is 0 Å². The molecule has 1 aromatic heterocycles. The highest BCUT2D eigenvalue weighted by Gasteiger charge is 2.19. The number of para-hydroxylation sites is 1. The number of aromatic nitrogens is 1. The van der Waals surface area contributed by atoms with Gasteiger partial charge in [-0.3, -0.25) is 10.2 Å². The minimum atomic E-state index is -0.682. The molecule has 0 bridgehead atoms. The van der Waals surface area contributed by atoms with E-state index in [9.17, 15) is 15.2 Å². The van der Waals surface area contributed by atoms with Crippen LogP contribution in [0.15, 0.2) is 69.6 Å². The van der Waals surface area contributed by atoms with Crippen molar-refractivity contribution in [2.24, 2.45) is 10.2 Å². The molecule has 136 valence electrons. The van der Waals surface area contributed by atoms with E-state index in [1.807, 2.05) is 12.1 Å². The average Bonchev–Trinajstić information content (AvgIpc) is 2.72. The van der Waals surface area contributed by atoms with Gasteiger partial charge in [0.2, 0.25) is 5.88 Å². The van der Waals surface area contributed by atoms with Crippen LogP contribution in [0.4, 0.5) is 17.1 Å². The molecule has 0 saturated heterocycles. The fraction of sp³-hybridized carbons (Fsp3) is 0.0476. The molecule has 0 unspecified atom stereocenters. The van der Waals surface area contributed by atoms with Crippen LogP contribution in [0.2, 0.25) is 0 Å². The zero-order chi connectivity index (χ0) is 20.1. The van der Waals surface area contributed by atoms with Crippen molar-refractivity contribution in [3.8, 4) is 24.3 Å². The lowest BCUT2D eigenvalue weighted by Crippen LogP contribution is -2.29. The number of terminal acetylenes is 1. The van der Waals surface area contributed by atoms with Crippen LogP contribution in [0.3, 0.4) is 0 Å². The van der Waals surface area contributed by atoms with E-state index in [0.29, 0.717) is 16.9 Å². The summed E-state index contributed by atoms with van der Waals surface area (Å²) >= 11 is 0. The summed E-state index contributed by atoms with van der Waals surface area (Å²) in [7, 11) is 0. The zero-order valence-corrected chi connectivity index (χ0v) is 14.9. The van der Waals surface area contributed by atoms with Crippen molar-refractivity contribution < 1.29 is 5.11 Å². The van der Waals surface area contributed by atoms with Gasteiger partial charge in [0.05, 0.1) is 11.4 Å². The standard InChI is InChI=1S/C21H15N5O2/c1-3-15-9-11-16(12-10-15)23-24-19-14(2)18(13-22)20(27)26(21(19)28)25-17-7-5-4-6-8-17/h1,4-12,25,28H,2H3/b24-23+. The van der Waals surface area contributed by atoms with E-state index < -0.39 is 11.4 Å². The third kappa shape index (κ3) is 3.59. The smallest absolute Gasteiger partial charge is 0.290 e. The Balaban J connectivity index is 2.08. The number of anilines is 1. The molecule has 2 aromatic carbocycles. The lowest BCUT2D eigenvalue weighted by atomic mass is 10.1. The Morgan fingerprint density at radius 1 is 1.11 bits per heavy atom. The summed E-state index contributed by atoms with van der Waals surface area (Å²) < 4.78 is 0.872. The van der Waals surface area contributed by atoms with E-state index in [-0.39, 0.29) is 16.8 Å². The fourth-order valence-electron chi connectivity index (χ4n) is 2.49. The van der Waals surface area contributed by atoms with Crippen molar-refractivity contribution >= 4 is 17.1 Å². The number of benzene rings is 2. The van der Waals surface area contributed by atoms with Gasteiger partial charge in [0, 0.05) is 11.1 Å². The highest BCUT2D eigenvalue weighted by Crippen LogP contribution is 2.32. The maximum absolute atomic E-state index is 12.6. The Hall–Kier alpha value is -4.36. The SMILES string of the molecule is C#Cc1ccc(/N=N/c2c(C)c(C#N)c(=O)n(Nc3ccccc3)c2O)cc1. The second-order valence-electron chi connectivity index (χ2n) is 5.79. The fourth-order valence-corrected chi connectivity index (χ4v) is 2.49. The van der Waals surface area contributed by atoms with Gasteiger partial charge in [-0.05, 0) is 43.3 Å². The Morgan fingerprint density at radius 2 is 1.79 bits per heavy atom. The summed E-state index contributed by atoms with van der Waals surface area (Å²) in [6.45, 7) is 1.53. The lowest BCUT2D eigenvalue weighted by molar-refractivity contribution is 0.428. The van der Waals surface area contributed by atoms with Crippen molar-refractivity contribution in [2.45, 2.75) is 6.92 Å². The quantitative estimate of drug-likeness (QED) is 0.536. The van der Waals surface area contributed by atoms with E-state index in [1.54, 1.807) is 48.5 Å². The molecule has 0 spiro atoms. The molecule has 0 amide bonds. The zero-order valence-electron chi connectivity index (χ0n) is 14.9. The topological polar surface area (TPSA) is 103 Å². The summed E-state index contributed by atoms with van der Waals surface area (Å²) in [6, 6.07) is 17.4. The molecule has 1 heterocycles. The molecule has 0 aliphatic rings. The maximum atomic E-state index is 12.6. The van der Waals surface area contributed by atoms with Crippen LogP contribution >= 0.6 is 0 Å². The number of azo groups is 1. The number of nitrogens with one attached hydrogen (secondary N) is 1. The second-order valence-corrected chi connectivity index (χ2v) is 5.79. The van der Waals surface area contributed by atoms with Gasteiger partial charge in [-0.2, -0.15) is 15.1 Å². The lowest BCUT2D eigenvalue weighted by Gasteiger charge is -2.14. The van der Waals surface area contributed by atoms with Crippen LogP contribution in [0, 0.1) is 30.6 Å². The Morgan fingerprint density at radius 3 is 2.39 bits per heavy atom. The molecular formula is C21H15N5O2.